The Morgan fingerprint density at radius 2 is 2.05 bits per heavy atom. The Morgan fingerprint density at radius 1 is 1.41 bits per heavy atom. The highest BCUT2D eigenvalue weighted by molar-refractivity contribution is 6.36. The SMILES string of the molecule is Cc1c(Cl)cc(NC(=O)NCC(O)c2cnn(C)c2)cc1Cl. The number of amides is 2. The Kier molecular flexibility index (Phi) is 5.28. The van der Waals surface area contributed by atoms with Gasteiger partial charge in [0.2, 0.25) is 0 Å². The van der Waals surface area contributed by atoms with Crippen LogP contribution < -0.4 is 10.6 Å². The van der Waals surface area contributed by atoms with E-state index in [1.165, 1.54) is 0 Å². The summed E-state index contributed by atoms with van der Waals surface area (Å²) >= 11 is 12.0. The van der Waals surface area contributed by atoms with Crippen molar-refractivity contribution < 1.29 is 9.90 Å². The van der Waals surface area contributed by atoms with Crippen molar-refractivity contribution in [2.24, 2.45) is 7.05 Å². The van der Waals surface area contributed by atoms with Crippen LogP contribution in [-0.4, -0.2) is 27.5 Å². The molecule has 1 atom stereocenters. The van der Waals surface area contributed by atoms with E-state index in [4.69, 9.17) is 23.2 Å². The third-order valence-electron chi connectivity index (χ3n) is 3.10. The fraction of sp³-hybridized carbons (Fsp3) is 0.286. The number of nitrogens with one attached hydrogen (secondary N) is 2. The molecule has 0 saturated carbocycles. The number of hydrogen-bond donors (Lipinski definition) is 3. The van der Waals surface area contributed by atoms with Crippen molar-refractivity contribution in [3.63, 3.8) is 0 Å². The van der Waals surface area contributed by atoms with Crippen LogP contribution in [0, 0.1) is 6.92 Å². The number of aliphatic hydroxyl groups excluding tert-OH is 1. The minimum absolute atomic E-state index is 0.0604. The Hall–Kier alpha value is -1.76. The average molecular weight is 343 g/mol. The molecule has 0 aliphatic carbocycles. The maximum atomic E-state index is 11.8. The Labute approximate surface area is 138 Å². The van der Waals surface area contributed by atoms with Gasteiger partial charge in [0.1, 0.15) is 0 Å². The van der Waals surface area contributed by atoms with Crippen molar-refractivity contribution in [3.8, 4) is 0 Å². The van der Waals surface area contributed by atoms with Gasteiger partial charge in [-0.1, -0.05) is 23.2 Å². The molecular formula is C14H16Cl2N4O2. The summed E-state index contributed by atoms with van der Waals surface area (Å²) in [4.78, 5) is 11.8. The smallest absolute Gasteiger partial charge is 0.319 e. The molecule has 2 rings (SSSR count). The number of rotatable bonds is 4. The number of aryl methyl sites for hydroxylation is 1. The van der Waals surface area contributed by atoms with Crippen LogP contribution in [0.1, 0.15) is 17.2 Å². The van der Waals surface area contributed by atoms with Crippen LogP contribution in [0.25, 0.3) is 0 Å². The molecule has 118 valence electrons. The monoisotopic (exact) mass is 342 g/mol. The lowest BCUT2D eigenvalue weighted by atomic mass is 10.2. The van der Waals surface area contributed by atoms with Crippen molar-refractivity contribution in [2.75, 3.05) is 11.9 Å². The van der Waals surface area contributed by atoms with Gasteiger partial charge in [-0.2, -0.15) is 5.10 Å². The topological polar surface area (TPSA) is 79.2 Å². The summed E-state index contributed by atoms with van der Waals surface area (Å²) in [7, 11) is 1.75. The van der Waals surface area contributed by atoms with Gasteiger partial charge in [0, 0.05) is 41.1 Å². The maximum absolute atomic E-state index is 11.8. The summed E-state index contributed by atoms with van der Waals surface area (Å²) in [6, 6.07) is 2.76. The zero-order valence-electron chi connectivity index (χ0n) is 12.1. The molecule has 3 N–H and O–H groups in total. The summed E-state index contributed by atoms with van der Waals surface area (Å²) in [5, 5.41) is 20.0. The first kappa shape index (κ1) is 16.6. The highest BCUT2D eigenvalue weighted by atomic mass is 35.5. The number of nitrogens with zero attached hydrogens (tertiary/aromatic N) is 2. The van der Waals surface area contributed by atoms with E-state index in [9.17, 15) is 9.90 Å². The number of aliphatic hydroxyl groups is 1. The van der Waals surface area contributed by atoms with Crippen LogP contribution in [0.15, 0.2) is 24.5 Å². The van der Waals surface area contributed by atoms with Crippen molar-refractivity contribution in [2.45, 2.75) is 13.0 Å². The van der Waals surface area contributed by atoms with Gasteiger partial charge in [-0.05, 0) is 24.6 Å². The van der Waals surface area contributed by atoms with Gasteiger partial charge in [-0.15, -0.1) is 0 Å². The minimum atomic E-state index is -0.829. The van der Waals surface area contributed by atoms with Gasteiger partial charge < -0.3 is 15.7 Å². The molecule has 0 aliphatic rings. The largest absolute Gasteiger partial charge is 0.386 e. The van der Waals surface area contributed by atoms with E-state index in [2.05, 4.69) is 15.7 Å². The van der Waals surface area contributed by atoms with Crippen molar-refractivity contribution in [1.82, 2.24) is 15.1 Å². The molecule has 2 amide bonds. The van der Waals surface area contributed by atoms with Gasteiger partial charge in [-0.3, -0.25) is 4.68 Å². The summed E-state index contributed by atoms with van der Waals surface area (Å²) < 4.78 is 1.58. The molecule has 6 nitrogen and oxygen atoms in total. The van der Waals surface area contributed by atoms with E-state index in [-0.39, 0.29) is 6.54 Å². The second-order valence-corrected chi connectivity index (χ2v) is 5.68. The number of halogens is 2. The molecule has 1 aromatic heterocycles. The van der Waals surface area contributed by atoms with Crippen molar-refractivity contribution in [3.05, 3.63) is 45.7 Å². The van der Waals surface area contributed by atoms with E-state index in [1.807, 2.05) is 0 Å². The number of hydrogen-bond acceptors (Lipinski definition) is 3. The zero-order valence-corrected chi connectivity index (χ0v) is 13.6. The highest BCUT2D eigenvalue weighted by Crippen LogP contribution is 2.28. The second-order valence-electron chi connectivity index (χ2n) is 4.86. The number of carbonyl (C=O) groups excluding carboxylic acids is 1. The van der Waals surface area contributed by atoms with Gasteiger partial charge in [0.15, 0.2) is 0 Å². The number of urea groups is 1. The van der Waals surface area contributed by atoms with E-state index >= 15 is 0 Å². The van der Waals surface area contributed by atoms with E-state index < -0.39 is 12.1 Å². The summed E-state index contributed by atoms with van der Waals surface area (Å²) in [5.41, 5.74) is 1.86. The minimum Gasteiger partial charge on any atom is -0.386 e. The average Bonchev–Trinajstić information content (AvgIpc) is 2.89. The molecule has 0 radical (unpaired) electrons. The molecule has 0 saturated heterocycles. The number of carbonyl (C=O) groups is 1. The molecule has 0 bridgehead atoms. The fourth-order valence-corrected chi connectivity index (χ4v) is 2.30. The van der Waals surface area contributed by atoms with E-state index in [0.29, 0.717) is 21.3 Å². The molecule has 22 heavy (non-hydrogen) atoms. The Bertz CT molecular complexity index is 664. The highest BCUT2D eigenvalue weighted by Gasteiger charge is 2.12. The Balaban J connectivity index is 1.90. The summed E-state index contributed by atoms with van der Waals surface area (Å²) in [6.45, 7) is 1.85. The second kappa shape index (κ2) is 7.00. The molecule has 1 unspecified atom stereocenters. The molecule has 1 aromatic carbocycles. The van der Waals surface area contributed by atoms with Crippen LogP contribution in [0.5, 0.6) is 0 Å². The first-order chi connectivity index (χ1) is 10.4. The summed E-state index contributed by atoms with van der Waals surface area (Å²) in [5.74, 6) is 0. The maximum Gasteiger partial charge on any atom is 0.319 e. The number of anilines is 1. The van der Waals surface area contributed by atoms with Gasteiger partial charge in [0.05, 0.1) is 12.3 Å². The zero-order chi connectivity index (χ0) is 16.3. The van der Waals surface area contributed by atoms with Gasteiger partial charge in [-0.25, -0.2) is 4.79 Å². The van der Waals surface area contributed by atoms with Crippen molar-refractivity contribution >= 4 is 34.9 Å². The molecule has 2 aromatic rings. The van der Waals surface area contributed by atoms with Crippen molar-refractivity contribution in [1.29, 1.82) is 0 Å². The predicted molar refractivity (Wildman–Crippen MR) is 86.4 cm³/mol. The lowest BCUT2D eigenvalue weighted by Gasteiger charge is -2.12. The third kappa shape index (κ3) is 4.13. The van der Waals surface area contributed by atoms with E-state index in [1.54, 1.807) is 43.2 Å². The molecule has 8 heteroatoms. The van der Waals surface area contributed by atoms with E-state index in [0.717, 1.165) is 5.56 Å². The summed E-state index contributed by atoms with van der Waals surface area (Å²) in [6.07, 6.45) is 2.40. The standard InChI is InChI=1S/C14H16Cl2N4O2/c1-8-11(15)3-10(4-12(8)16)19-14(22)17-6-13(21)9-5-18-20(2)7-9/h3-5,7,13,21H,6H2,1-2H3,(H2,17,19,22). The van der Waals surface area contributed by atoms with Crippen LogP contribution in [0.3, 0.4) is 0 Å². The van der Waals surface area contributed by atoms with Crippen LogP contribution in [0.4, 0.5) is 10.5 Å². The van der Waals surface area contributed by atoms with Crippen LogP contribution in [0.2, 0.25) is 10.0 Å². The lowest BCUT2D eigenvalue weighted by molar-refractivity contribution is 0.175. The van der Waals surface area contributed by atoms with Crippen LogP contribution in [-0.2, 0) is 7.05 Å². The number of aromatic nitrogens is 2. The predicted octanol–water partition coefficient (Wildman–Crippen LogP) is 2.89. The first-order valence-corrected chi connectivity index (χ1v) is 7.29. The molecule has 1 heterocycles. The van der Waals surface area contributed by atoms with Gasteiger partial charge >= 0.3 is 6.03 Å². The van der Waals surface area contributed by atoms with Crippen LogP contribution >= 0.6 is 23.2 Å². The third-order valence-corrected chi connectivity index (χ3v) is 3.89. The first-order valence-electron chi connectivity index (χ1n) is 6.54. The lowest BCUT2D eigenvalue weighted by Crippen LogP contribution is -2.32. The number of benzene rings is 1. The normalized spacial score (nSPS) is 12.0. The fourth-order valence-electron chi connectivity index (χ4n) is 1.81. The molecule has 0 aliphatic heterocycles. The molecule has 0 fully saturated rings. The van der Waals surface area contributed by atoms with Gasteiger partial charge in [0.25, 0.3) is 0 Å². The molecule has 0 spiro atoms. The Morgan fingerprint density at radius 3 is 2.59 bits per heavy atom. The quantitative estimate of drug-likeness (QED) is 0.799. The molecular weight excluding hydrogens is 327 g/mol.